The number of nitrogens with zero attached hydrogens (tertiary/aromatic N) is 5. The molecule has 2 aromatic heterocycles. The second-order valence-corrected chi connectivity index (χ2v) is 11.8. The molecule has 44 heavy (non-hydrogen) atoms. The zero-order valence-corrected chi connectivity index (χ0v) is 25.9. The number of ether oxygens (including phenoxy) is 2. The van der Waals surface area contributed by atoms with Crippen LogP contribution in [0.1, 0.15) is 32.3 Å². The van der Waals surface area contributed by atoms with Gasteiger partial charge in [0.05, 0.1) is 40.7 Å². The highest BCUT2D eigenvalue weighted by molar-refractivity contribution is 6.34. The minimum absolute atomic E-state index is 0.00953. The molecule has 1 N–H and O–H groups in total. The lowest BCUT2D eigenvalue weighted by Gasteiger charge is -2.40. The Morgan fingerprint density at radius 1 is 1.23 bits per heavy atom. The Hall–Kier alpha value is -3.99. The summed E-state index contributed by atoms with van der Waals surface area (Å²) >= 11 is 6.94. The Morgan fingerprint density at radius 3 is 2.82 bits per heavy atom. The van der Waals surface area contributed by atoms with Crippen molar-refractivity contribution in [2.45, 2.75) is 32.7 Å². The molecule has 4 aromatic rings. The van der Waals surface area contributed by atoms with Crippen molar-refractivity contribution in [2.24, 2.45) is 0 Å². The van der Waals surface area contributed by atoms with E-state index in [0.29, 0.717) is 73.5 Å². The number of fused-ring (bicyclic) bond motifs is 5. The Bertz CT molecular complexity index is 1780. The predicted molar refractivity (Wildman–Crippen MR) is 173 cm³/mol. The molecule has 2 aliphatic rings. The molecule has 0 saturated carbocycles. The van der Waals surface area contributed by atoms with Gasteiger partial charge in [-0.25, -0.2) is 18.7 Å². The lowest BCUT2D eigenvalue weighted by atomic mass is 10.00. The van der Waals surface area contributed by atoms with Gasteiger partial charge in [-0.1, -0.05) is 49.7 Å². The SMILES string of the molecule is C=CCOCN1CCN(c2nc(=O)n3c4nc(c(Cl)cc24)-c2c(F)cccc2NCCOc2cccc(C(C)C)c2-3)[C@@H](C)C1. The first kappa shape index (κ1) is 30.1. The highest BCUT2D eigenvalue weighted by Crippen LogP contribution is 2.40. The number of para-hydroxylation sites is 1. The molecule has 0 spiro atoms. The highest BCUT2D eigenvalue weighted by Gasteiger charge is 2.30. The van der Waals surface area contributed by atoms with Gasteiger partial charge >= 0.3 is 5.69 Å². The van der Waals surface area contributed by atoms with E-state index < -0.39 is 11.5 Å². The van der Waals surface area contributed by atoms with Crippen molar-refractivity contribution in [1.29, 1.82) is 0 Å². The van der Waals surface area contributed by atoms with Crippen molar-refractivity contribution >= 4 is 34.1 Å². The Labute approximate surface area is 260 Å². The molecule has 0 amide bonds. The molecular weight excluding hydrogens is 583 g/mol. The van der Waals surface area contributed by atoms with Gasteiger partial charge in [0.15, 0.2) is 5.65 Å². The molecule has 1 atom stereocenters. The number of benzene rings is 2. The van der Waals surface area contributed by atoms with Crippen LogP contribution in [0, 0.1) is 5.82 Å². The van der Waals surface area contributed by atoms with Crippen LogP contribution in [0.4, 0.5) is 15.9 Å². The largest absolute Gasteiger partial charge is 0.490 e. The number of piperazine rings is 1. The fourth-order valence-electron chi connectivity index (χ4n) is 6.05. The van der Waals surface area contributed by atoms with Crippen LogP contribution < -0.4 is 20.6 Å². The molecule has 1 saturated heterocycles. The standard InChI is InChI=1S/C33H36ClFN6O3/c1-5-15-43-19-39-13-14-40(21(4)18-39)31-23-17-24(34)29-28-25(35)9-7-10-26(28)36-12-16-44-27-11-6-8-22(20(2)3)30(27)41(32(23)37-29)33(42)38-31/h5-11,17,20-21,36H,1,12-16,18-19H2,2-4H3/t21-/m0/s1. The molecule has 2 aromatic carbocycles. The molecule has 0 aliphatic carbocycles. The van der Waals surface area contributed by atoms with Crippen molar-refractivity contribution in [3.63, 3.8) is 0 Å². The van der Waals surface area contributed by atoms with E-state index in [2.05, 4.69) is 47.5 Å². The summed E-state index contributed by atoms with van der Waals surface area (Å²) in [6.07, 6.45) is 1.73. The minimum Gasteiger partial charge on any atom is -0.490 e. The number of pyridine rings is 1. The van der Waals surface area contributed by atoms with E-state index in [4.69, 9.17) is 26.1 Å². The summed E-state index contributed by atoms with van der Waals surface area (Å²) in [6.45, 7) is 13.6. The number of aromatic nitrogens is 3. The van der Waals surface area contributed by atoms with Crippen LogP contribution >= 0.6 is 11.6 Å². The molecule has 6 rings (SSSR count). The van der Waals surface area contributed by atoms with E-state index in [9.17, 15) is 4.79 Å². The first-order chi connectivity index (χ1) is 21.3. The number of hydrogen-bond donors (Lipinski definition) is 1. The van der Waals surface area contributed by atoms with Crippen molar-refractivity contribution < 1.29 is 13.9 Å². The molecule has 2 aliphatic heterocycles. The lowest BCUT2D eigenvalue weighted by Crippen LogP contribution is -2.53. The van der Waals surface area contributed by atoms with Gasteiger partial charge in [0.25, 0.3) is 0 Å². The average Bonchev–Trinajstić information content (AvgIpc) is 2.99. The van der Waals surface area contributed by atoms with E-state index in [1.54, 1.807) is 24.3 Å². The third kappa shape index (κ3) is 5.53. The Kier molecular flexibility index (Phi) is 8.57. The summed E-state index contributed by atoms with van der Waals surface area (Å²) < 4.78 is 29.0. The quantitative estimate of drug-likeness (QED) is 0.213. The van der Waals surface area contributed by atoms with Crippen LogP contribution in [0.2, 0.25) is 5.02 Å². The van der Waals surface area contributed by atoms with Crippen LogP contribution in [0.25, 0.3) is 28.0 Å². The van der Waals surface area contributed by atoms with E-state index in [1.165, 1.54) is 10.6 Å². The lowest BCUT2D eigenvalue weighted by molar-refractivity contribution is 0.0338. The van der Waals surface area contributed by atoms with Gasteiger partial charge in [0.1, 0.15) is 24.0 Å². The molecule has 2 bridgehead atoms. The molecular formula is C33H36ClFN6O3. The van der Waals surface area contributed by atoms with Crippen LogP contribution in [-0.4, -0.2) is 71.6 Å². The maximum absolute atomic E-state index is 15.5. The van der Waals surface area contributed by atoms with Crippen molar-refractivity contribution in [3.05, 3.63) is 82.0 Å². The van der Waals surface area contributed by atoms with Gasteiger partial charge in [-0.2, -0.15) is 4.98 Å². The molecule has 0 unspecified atom stereocenters. The summed E-state index contributed by atoms with van der Waals surface area (Å²) in [5.41, 5.74) is 2.31. The monoisotopic (exact) mass is 618 g/mol. The fourth-order valence-corrected chi connectivity index (χ4v) is 6.30. The summed E-state index contributed by atoms with van der Waals surface area (Å²) in [4.78, 5) is 28.2. The van der Waals surface area contributed by atoms with Crippen molar-refractivity contribution in [2.75, 3.05) is 56.3 Å². The van der Waals surface area contributed by atoms with Gasteiger partial charge in [-0.15, -0.1) is 6.58 Å². The first-order valence-corrected chi connectivity index (χ1v) is 15.3. The first-order valence-electron chi connectivity index (χ1n) is 14.9. The molecule has 9 nitrogen and oxygen atoms in total. The van der Waals surface area contributed by atoms with E-state index >= 15 is 4.39 Å². The van der Waals surface area contributed by atoms with Crippen LogP contribution in [0.3, 0.4) is 0 Å². The van der Waals surface area contributed by atoms with Gasteiger partial charge in [-0.3, -0.25) is 4.90 Å². The number of anilines is 2. The second-order valence-electron chi connectivity index (χ2n) is 11.4. The summed E-state index contributed by atoms with van der Waals surface area (Å²) in [5.74, 6) is 0.611. The molecule has 11 heteroatoms. The fraction of sp³-hybridized carbons (Fsp3) is 0.364. The van der Waals surface area contributed by atoms with Crippen LogP contribution in [0.15, 0.2) is 59.9 Å². The van der Waals surface area contributed by atoms with Crippen LogP contribution in [0.5, 0.6) is 5.75 Å². The molecule has 4 heterocycles. The molecule has 230 valence electrons. The van der Waals surface area contributed by atoms with Gasteiger partial charge in [-0.05, 0) is 42.7 Å². The zero-order valence-electron chi connectivity index (χ0n) is 25.1. The number of nitrogens with one attached hydrogen (secondary N) is 1. The summed E-state index contributed by atoms with van der Waals surface area (Å²) in [7, 11) is 0. The third-order valence-corrected chi connectivity index (χ3v) is 8.38. The summed E-state index contributed by atoms with van der Waals surface area (Å²) in [5, 5.41) is 4.13. The topological polar surface area (TPSA) is 84.8 Å². The molecule has 1 fully saturated rings. The van der Waals surface area contributed by atoms with E-state index in [1.807, 2.05) is 18.2 Å². The van der Waals surface area contributed by atoms with E-state index in [0.717, 1.165) is 5.56 Å². The molecule has 0 radical (unpaired) electrons. The predicted octanol–water partition coefficient (Wildman–Crippen LogP) is 5.84. The van der Waals surface area contributed by atoms with Gasteiger partial charge in [0, 0.05) is 37.9 Å². The maximum Gasteiger partial charge on any atom is 0.355 e. The normalized spacial score (nSPS) is 17.0. The maximum atomic E-state index is 15.5. The number of rotatable bonds is 6. The number of hydrogen-bond acceptors (Lipinski definition) is 8. The van der Waals surface area contributed by atoms with Crippen LogP contribution in [-0.2, 0) is 4.74 Å². The Balaban J connectivity index is 1.61. The van der Waals surface area contributed by atoms with Gasteiger partial charge < -0.3 is 19.7 Å². The van der Waals surface area contributed by atoms with Crippen molar-refractivity contribution in [3.8, 4) is 22.7 Å². The number of halogens is 2. The van der Waals surface area contributed by atoms with Crippen molar-refractivity contribution in [1.82, 2.24) is 19.4 Å². The average molecular weight is 619 g/mol. The van der Waals surface area contributed by atoms with Gasteiger partial charge in [0.2, 0.25) is 0 Å². The van der Waals surface area contributed by atoms with E-state index in [-0.39, 0.29) is 34.8 Å². The minimum atomic E-state index is -0.501. The summed E-state index contributed by atoms with van der Waals surface area (Å²) in [6, 6.07) is 12.3. The highest BCUT2D eigenvalue weighted by atomic mass is 35.5. The Morgan fingerprint density at radius 2 is 2.05 bits per heavy atom. The zero-order chi connectivity index (χ0) is 31.0. The third-order valence-electron chi connectivity index (χ3n) is 8.10. The smallest absolute Gasteiger partial charge is 0.355 e. The second kappa shape index (κ2) is 12.6.